The van der Waals surface area contributed by atoms with Gasteiger partial charge in [-0.15, -0.1) is 0 Å². The number of halogens is 2. The third-order valence-electron chi connectivity index (χ3n) is 4.48. The Labute approximate surface area is 189 Å². The normalized spacial score (nSPS) is 15.8. The minimum absolute atomic E-state index is 0.0183. The van der Waals surface area contributed by atoms with E-state index in [2.05, 4.69) is 15.3 Å². The number of nitrogens with one attached hydrogen (secondary N) is 1. The first-order valence-electron chi connectivity index (χ1n) is 9.36. The van der Waals surface area contributed by atoms with Gasteiger partial charge < -0.3 is 19.5 Å². The lowest BCUT2D eigenvalue weighted by atomic mass is 9.80. The van der Waals surface area contributed by atoms with Crippen LogP contribution in [0.1, 0.15) is 25.3 Å². The van der Waals surface area contributed by atoms with Crippen LogP contribution in [0.5, 0.6) is 0 Å². The number of ether oxygens (including phenoxy) is 3. The molecule has 0 bridgehead atoms. The average Bonchev–Trinajstić information content (AvgIpc) is 2.74. The molecule has 166 valence electrons. The lowest BCUT2D eigenvalue weighted by molar-refractivity contribution is -0.139. The Hall–Kier alpha value is -2.71. The summed E-state index contributed by atoms with van der Waals surface area (Å²) in [5.41, 5.74) is 10.0. The Morgan fingerprint density at radius 2 is 2.00 bits per heavy atom. The molecule has 1 aliphatic rings. The van der Waals surface area contributed by atoms with Gasteiger partial charge in [-0.1, -0.05) is 40.4 Å². The molecule has 1 aromatic carbocycles. The van der Waals surface area contributed by atoms with E-state index >= 15 is 0 Å². The number of dihydropyridines is 1. The number of hydrogen-bond donors (Lipinski definition) is 1. The number of azide groups is 1. The van der Waals surface area contributed by atoms with Crippen molar-refractivity contribution in [1.29, 1.82) is 0 Å². The van der Waals surface area contributed by atoms with Gasteiger partial charge >= 0.3 is 11.9 Å². The molecule has 0 saturated heterocycles. The number of carbonyl (C=O) groups is 2. The van der Waals surface area contributed by atoms with Crippen molar-refractivity contribution in [3.05, 3.63) is 66.8 Å². The average molecular weight is 469 g/mol. The predicted octanol–water partition coefficient (Wildman–Crippen LogP) is 4.27. The lowest BCUT2D eigenvalue weighted by Gasteiger charge is -2.31. The van der Waals surface area contributed by atoms with Gasteiger partial charge in [0.1, 0.15) is 0 Å². The van der Waals surface area contributed by atoms with E-state index in [9.17, 15) is 9.59 Å². The molecule has 0 fully saturated rings. The zero-order valence-electron chi connectivity index (χ0n) is 17.3. The molecule has 0 amide bonds. The van der Waals surface area contributed by atoms with E-state index in [4.69, 9.17) is 42.9 Å². The minimum atomic E-state index is -0.894. The molecule has 0 spiro atoms. The maximum atomic E-state index is 13.0. The molecule has 11 heteroatoms. The summed E-state index contributed by atoms with van der Waals surface area (Å²) in [5, 5.41) is 6.93. The van der Waals surface area contributed by atoms with E-state index < -0.39 is 17.9 Å². The van der Waals surface area contributed by atoms with Crippen LogP contribution in [-0.2, 0) is 23.8 Å². The summed E-state index contributed by atoms with van der Waals surface area (Å²) in [6.07, 6.45) is 0. The molecular weight excluding hydrogens is 447 g/mol. The second kappa shape index (κ2) is 11.6. The van der Waals surface area contributed by atoms with Crippen LogP contribution in [-0.4, -0.2) is 45.4 Å². The van der Waals surface area contributed by atoms with Gasteiger partial charge in [0.15, 0.2) is 0 Å². The number of rotatable bonds is 9. The molecule has 0 saturated carbocycles. The topological polar surface area (TPSA) is 123 Å². The summed E-state index contributed by atoms with van der Waals surface area (Å²) in [7, 11) is 1.25. The van der Waals surface area contributed by atoms with Gasteiger partial charge in [-0.3, -0.25) is 0 Å². The van der Waals surface area contributed by atoms with Crippen LogP contribution in [0.4, 0.5) is 0 Å². The molecule has 1 atom stereocenters. The molecule has 2 rings (SSSR count). The van der Waals surface area contributed by atoms with E-state index in [1.807, 2.05) is 0 Å². The van der Waals surface area contributed by atoms with E-state index in [0.717, 1.165) is 0 Å². The molecule has 31 heavy (non-hydrogen) atoms. The molecule has 1 N–H and O–H groups in total. The number of carbonyl (C=O) groups excluding carboxylic acids is 2. The summed E-state index contributed by atoms with van der Waals surface area (Å²) in [5.74, 6) is -2.16. The Kier molecular flexibility index (Phi) is 9.21. The highest BCUT2D eigenvalue weighted by Gasteiger charge is 2.40. The van der Waals surface area contributed by atoms with Crippen LogP contribution in [0.3, 0.4) is 0 Å². The van der Waals surface area contributed by atoms with Crippen molar-refractivity contribution in [2.24, 2.45) is 5.11 Å². The molecule has 0 aromatic heterocycles. The number of benzene rings is 1. The van der Waals surface area contributed by atoms with Gasteiger partial charge in [0.25, 0.3) is 0 Å². The van der Waals surface area contributed by atoms with E-state index in [1.165, 1.54) is 7.11 Å². The fourth-order valence-corrected chi connectivity index (χ4v) is 3.64. The largest absolute Gasteiger partial charge is 0.466 e. The van der Waals surface area contributed by atoms with Crippen LogP contribution in [0.15, 0.2) is 45.9 Å². The van der Waals surface area contributed by atoms with E-state index in [1.54, 1.807) is 32.0 Å². The number of esters is 2. The maximum Gasteiger partial charge on any atom is 0.336 e. The summed E-state index contributed by atoms with van der Waals surface area (Å²) in [6.45, 7) is 3.73. The third kappa shape index (κ3) is 5.71. The van der Waals surface area contributed by atoms with Crippen molar-refractivity contribution in [2.75, 3.05) is 33.5 Å². The summed E-state index contributed by atoms with van der Waals surface area (Å²) >= 11 is 12.7. The van der Waals surface area contributed by atoms with Crippen molar-refractivity contribution in [3.8, 4) is 0 Å². The standard InChI is InChI=1S/C20H22Cl2N4O5/c1-4-31-20(28)17-14(10-30-9-8-24-26-23)25-11(2)15(19(27)29-3)16(17)12-6-5-7-13(21)18(12)22/h5-7,16,25H,4,8-10H2,1-3H3. The monoisotopic (exact) mass is 468 g/mol. The van der Waals surface area contributed by atoms with Gasteiger partial charge in [0, 0.05) is 17.2 Å². The molecule has 0 aliphatic carbocycles. The Morgan fingerprint density at radius 1 is 1.26 bits per heavy atom. The molecule has 1 aromatic rings. The fraction of sp³-hybridized carbons (Fsp3) is 0.400. The molecule has 0 radical (unpaired) electrons. The van der Waals surface area contributed by atoms with Gasteiger partial charge in [-0.05, 0) is 31.0 Å². The predicted molar refractivity (Wildman–Crippen MR) is 116 cm³/mol. The summed E-state index contributed by atoms with van der Waals surface area (Å²) in [4.78, 5) is 28.3. The quantitative estimate of drug-likeness (QED) is 0.189. The van der Waals surface area contributed by atoms with Crippen molar-refractivity contribution in [3.63, 3.8) is 0 Å². The summed E-state index contributed by atoms with van der Waals surface area (Å²) in [6, 6.07) is 4.96. The Bertz CT molecular complexity index is 970. The number of methoxy groups -OCH3 is 1. The summed E-state index contributed by atoms with van der Waals surface area (Å²) < 4.78 is 15.8. The van der Waals surface area contributed by atoms with Crippen molar-refractivity contribution >= 4 is 35.1 Å². The number of nitrogens with zero attached hydrogens (tertiary/aromatic N) is 3. The molecule has 9 nitrogen and oxygen atoms in total. The first kappa shape index (κ1) is 24.6. The zero-order chi connectivity index (χ0) is 23.0. The molecule has 1 heterocycles. The number of allylic oxidation sites excluding steroid dienone is 1. The van der Waals surface area contributed by atoms with Gasteiger partial charge in [0.05, 0.1) is 59.7 Å². The highest BCUT2D eigenvalue weighted by Crippen LogP contribution is 2.43. The fourth-order valence-electron chi connectivity index (χ4n) is 3.22. The molecule has 1 aliphatic heterocycles. The second-order valence-corrected chi connectivity index (χ2v) is 7.14. The first-order valence-corrected chi connectivity index (χ1v) is 10.1. The van der Waals surface area contributed by atoms with Gasteiger partial charge in [-0.25, -0.2) is 9.59 Å². The number of hydrogen-bond acceptors (Lipinski definition) is 7. The zero-order valence-corrected chi connectivity index (χ0v) is 18.8. The first-order chi connectivity index (χ1) is 14.9. The van der Waals surface area contributed by atoms with Crippen LogP contribution < -0.4 is 5.32 Å². The van der Waals surface area contributed by atoms with Crippen LogP contribution in [0, 0.1) is 0 Å². The molecular formula is C20H22Cl2N4O5. The highest BCUT2D eigenvalue weighted by molar-refractivity contribution is 6.42. The van der Waals surface area contributed by atoms with Crippen LogP contribution >= 0.6 is 23.2 Å². The van der Waals surface area contributed by atoms with Crippen LogP contribution in [0.2, 0.25) is 10.0 Å². The van der Waals surface area contributed by atoms with Crippen molar-refractivity contribution in [2.45, 2.75) is 19.8 Å². The van der Waals surface area contributed by atoms with Gasteiger partial charge in [-0.2, -0.15) is 0 Å². The SMILES string of the molecule is CCOC(=O)C1=C(COCCN=[N+]=[N-])NC(C)=C(C(=O)OC)C1c1cccc(Cl)c1Cl. The van der Waals surface area contributed by atoms with Crippen molar-refractivity contribution < 1.29 is 23.8 Å². The second-order valence-electron chi connectivity index (χ2n) is 6.35. The highest BCUT2D eigenvalue weighted by atomic mass is 35.5. The van der Waals surface area contributed by atoms with Gasteiger partial charge in [0.2, 0.25) is 0 Å². The van der Waals surface area contributed by atoms with Crippen LogP contribution in [0.25, 0.3) is 10.4 Å². The van der Waals surface area contributed by atoms with E-state index in [-0.39, 0.29) is 47.6 Å². The minimum Gasteiger partial charge on any atom is -0.466 e. The smallest absolute Gasteiger partial charge is 0.336 e. The molecule has 1 unspecified atom stereocenters. The lowest BCUT2D eigenvalue weighted by Crippen LogP contribution is -2.35. The van der Waals surface area contributed by atoms with Crippen molar-refractivity contribution in [1.82, 2.24) is 5.32 Å². The van der Waals surface area contributed by atoms with E-state index in [0.29, 0.717) is 17.0 Å². The Morgan fingerprint density at radius 3 is 2.65 bits per heavy atom. The third-order valence-corrected chi connectivity index (χ3v) is 5.32. The Balaban J connectivity index is 2.64. The maximum absolute atomic E-state index is 13.0.